The van der Waals surface area contributed by atoms with Crippen molar-refractivity contribution in [3.8, 4) is 0 Å². The molecule has 0 saturated heterocycles. The Bertz CT molecular complexity index is 867. The number of hydrogen-bond acceptors (Lipinski definition) is 4. The molecule has 3 aromatic rings. The summed E-state index contributed by atoms with van der Waals surface area (Å²) in [5.74, 6) is 0.344. The smallest absolute Gasteiger partial charge is 0.274 e. The SMILES string of the molecule is CCc1ccc(Nc2nnc(Cc3ccc(C)cc3)c(=O)[nH]2)cc1. The molecule has 0 atom stereocenters. The van der Waals surface area contributed by atoms with Gasteiger partial charge >= 0.3 is 0 Å². The first kappa shape index (κ1) is 15.9. The van der Waals surface area contributed by atoms with Crippen LogP contribution < -0.4 is 10.9 Å². The van der Waals surface area contributed by atoms with E-state index < -0.39 is 0 Å². The Hall–Kier alpha value is -2.95. The van der Waals surface area contributed by atoms with Crippen molar-refractivity contribution >= 4 is 11.6 Å². The summed E-state index contributed by atoms with van der Waals surface area (Å²) in [6.07, 6.45) is 1.46. The Morgan fingerprint density at radius 2 is 1.62 bits per heavy atom. The Morgan fingerprint density at radius 3 is 2.25 bits per heavy atom. The molecular formula is C19H20N4O. The number of nitrogens with zero attached hydrogens (tertiary/aromatic N) is 2. The number of aromatic amines is 1. The van der Waals surface area contributed by atoms with E-state index in [0.717, 1.165) is 17.7 Å². The number of rotatable bonds is 5. The average Bonchev–Trinajstić information content (AvgIpc) is 2.60. The minimum Gasteiger partial charge on any atom is -0.324 e. The second-order valence-corrected chi connectivity index (χ2v) is 5.79. The molecule has 0 saturated carbocycles. The van der Waals surface area contributed by atoms with Crippen LogP contribution in [0.2, 0.25) is 0 Å². The largest absolute Gasteiger partial charge is 0.324 e. The number of anilines is 2. The third kappa shape index (κ3) is 3.87. The van der Waals surface area contributed by atoms with Crippen molar-refractivity contribution in [2.45, 2.75) is 26.7 Å². The summed E-state index contributed by atoms with van der Waals surface area (Å²) in [4.78, 5) is 14.9. The van der Waals surface area contributed by atoms with Gasteiger partial charge in [-0.3, -0.25) is 9.78 Å². The Kier molecular flexibility index (Phi) is 4.70. The summed E-state index contributed by atoms with van der Waals surface area (Å²) in [6.45, 7) is 4.14. The van der Waals surface area contributed by atoms with E-state index in [9.17, 15) is 4.79 Å². The van der Waals surface area contributed by atoms with E-state index >= 15 is 0 Å². The number of H-pyrrole nitrogens is 1. The lowest BCUT2D eigenvalue weighted by Gasteiger charge is -2.06. The van der Waals surface area contributed by atoms with E-state index in [1.165, 1.54) is 11.1 Å². The maximum atomic E-state index is 12.2. The molecule has 3 rings (SSSR count). The van der Waals surface area contributed by atoms with E-state index in [4.69, 9.17) is 0 Å². The quantitative estimate of drug-likeness (QED) is 0.756. The molecule has 5 nitrogen and oxygen atoms in total. The summed E-state index contributed by atoms with van der Waals surface area (Å²) in [6, 6.07) is 16.0. The topological polar surface area (TPSA) is 70.7 Å². The van der Waals surface area contributed by atoms with Crippen molar-refractivity contribution in [1.82, 2.24) is 15.2 Å². The van der Waals surface area contributed by atoms with Gasteiger partial charge in [0.2, 0.25) is 5.95 Å². The molecule has 0 bridgehead atoms. The van der Waals surface area contributed by atoms with Crippen LogP contribution in [0.15, 0.2) is 53.3 Å². The van der Waals surface area contributed by atoms with Gasteiger partial charge in [-0.2, -0.15) is 0 Å². The summed E-state index contributed by atoms with van der Waals surface area (Å²) in [5.41, 5.74) is 4.53. The third-order valence-corrected chi connectivity index (χ3v) is 3.88. The van der Waals surface area contributed by atoms with Gasteiger partial charge in [-0.25, -0.2) is 0 Å². The van der Waals surface area contributed by atoms with Gasteiger partial charge in [0.25, 0.3) is 5.56 Å². The van der Waals surface area contributed by atoms with Gasteiger partial charge in [0.1, 0.15) is 5.69 Å². The maximum absolute atomic E-state index is 12.2. The minimum absolute atomic E-state index is 0.224. The highest BCUT2D eigenvalue weighted by Crippen LogP contribution is 2.13. The lowest BCUT2D eigenvalue weighted by molar-refractivity contribution is 0.874. The van der Waals surface area contributed by atoms with Crippen molar-refractivity contribution in [2.75, 3.05) is 5.32 Å². The molecule has 0 spiro atoms. The fourth-order valence-corrected chi connectivity index (χ4v) is 2.39. The van der Waals surface area contributed by atoms with Crippen LogP contribution in [0.3, 0.4) is 0 Å². The Balaban J connectivity index is 1.74. The van der Waals surface area contributed by atoms with E-state index in [2.05, 4.69) is 27.4 Å². The zero-order chi connectivity index (χ0) is 16.9. The van der Waals surface area contributed by atoms with E-state index in [-0.39, 0.29) is 5.56 Å². The van der Waals surface area contributed by atoms with Gasteiger partial charge in [-0.05, 0) is 36.6 Å². The molecular weight excluding hydrogens is 300 g/mol. The lowest BCUT2D eigenvalue weighted by Crippen LogP contribution is -2.18. The normalized spacial score (nSPS) is 10.6. The van der Waals surface area contributed by atoms with Crippen molar-refractivity contribution < 1.29 is 0 Å². The minimum atomic E-state index is -0.224. The maximum Gasteiger partial charge on any atom is 0.274 e. The van der Waals surface area contributed by atoms with Crippen LogP contribution in [0.1, 0.15) is 29.3 Å². The highest BCUT2D eigenvalue weighted by atomic mass is 16.1. The van der Waals surface area contributed by atoms with Crippen LogP contribution in [0, 0.1) is 6.92 Å². The molecule has 0 aliphatic heterocycles. The summed E-state index contributed by atoms with van der Waals surface area (Å²) in [7, 11) is 0. The average molecular weight is 320 g/mol. The molecule has 122 valence electrons. The van der Waals surface area contributed by atoms with Crippen molar-refractivity contribution in [3.63, 3.8) is 0 Å². The molecule has 1 heterocycles. The first-order valence-corrected chi connectivity index (χ1v) is 8.01. The lowest BCUT2D eigenvalue weighted by atomic mass is 10.1. The van der Waals surface area contributed by atoms with Gasteiger partial charge < -0.3 is 5.32 Å². The monoisotopic (exact) mass is 320 g/mol. The predicted molar refractivity (Wildman–Crippen MR) is 95.7 cm³/mol. The van der Waals surface area contributed by atoms with Crippen LogP contribution in [-0.4, -0.2) is 15.2 Å². The fraction of sp³-hybridized carbons (Fsp3) is 0.211. The second kappa shape index (κ2) is 7.08. The zero-order valence-electron chi connectivity index (χ0n) is 13.8. The summed E-state index contributed by atoms with van der Waals surface area (Å²) < 4.78 is 0. The molecule has 0 aliphatic rings. The molecule has 24 heavy (non-hydrogen) atoms. The molecule has 2 N–H and O–H groups in total. The molecule has 0 aliphatic carbocycles. The molecule has 0 fully saturated rings. The number of nitrogens with one attached hydrogen (secondary N) is 2. The van der Waals surface area contributed by atoms with Crippen molar-refractivity contribution in [1.29, 1.82) is 0 Å². The van der Waals surface area contributed by atoms with Gasteiger partial charge in [0, 0.05) is 12.1 Å². The number of aryl methyl sites for hydroxylation is 2. The third-order valence-electron chi connectivity index (χ3n) is 3.88. The Labute approximate surface area is 140 Å². The van der Waals surface area contributed by atoms with Crippen molar-refractivity contribution in [3.05, 3.63) is 81.3 Å². The van der Waals surface area contributed by atoms with Gasteiger partial charge in [0.05, 0.1) is 0 Å². The van der Waals surface area contributed by atoms with Gasteiger partial charge in [0.15, 0.2) is 0 Å². The van der Waals surface area contributed by atoms with E-state index in [1.807, 2.05) is 55.5 Å². The number of aromatic nitrogens is 3. The number of hydrogen-bond donors (Lipinski definition) is 2. The molecule has 0 radical (unpaired) electrons. The summed E-state index contributed by atoms with van der Waals surface area (Å²) in [5, 5.41) is 11.2. The van der Waals surface area contributed by atoms with Crippen LogP contribution >= 0.6 is 0 Å². The van der Waals surface area contributed by atoms with E-state index in [0.29, 0.717) is 18.1 Å². The molecule has 0 unspecified atom stereocenters. The van der Waals surface area contributed by atoms with Gasteiger partial charge in [-0.15, -0.1) is 10.2 Å². The first-order valence-electron chi connectivity index (χ1n) is 8.01. The standard InChI is InChI=1S/C19H20N4O/c1-3-14-8-10-16(11-9-14)20-19-21-18(24)17(22-23-19)12-15-6-4-13(2)5-7-15/h4-11H,3,12H2,1-2H3,(H2,20,21,23,24). The molecule has 1 aromatic heterocycles. The highest BCUT2D eigenvalue weighted by molar-refractivity contribution is 5.53. The molecule has 2 aromatic carbocycles. The van der Waals surface area contributed by atoms with Gasteiger partial charge in [-0.1, -0.05) is 48.9 Å². The van der Waals surface area contributed by atoms with Crippen LogP contribution in [0.5, 0.6) is 0 Å². The number of benzene rings is 2. The summed E-state index contributed by atoms with van der Waals surface area (Å²) >= 11 is 0. The zero-order valence-corrected chi connectivity index (χ0v) is 13.8. The van der Waals surface area contributed by atoms with Crippen LogP contribution in [0.25, 0.3) is 0 Å². The Morgan fingerprint density at radius 1 is 0.958 bits per heavy atom. The van der Waals surface area contributed by atoms with E-state index in [1.54, 1.807) is 0 Å². The van der Waals surface area contributed by atoms with Crippen molar-refractivity contribution in [2.24, 2.45) is 0 Å². The van der Waals surface area contributed by atoms with Crippen LogP contribution in [0.4, 0.5) is 11.6 Å². The van der Waals surface area contributed by atoms with Crippen LogP contribution in [-0.2, 0) is 12.8 Å². The highest BCUT2D eigenvalue weighted by Gasteiger charge is 2.06. The molecule has 5 heteroatoms. The second-order valence-electron chi connectivity index (χ2n) is 5.79. The first-order chi connectivity index (χ1) is 11.6. The predicted octanol–water partition coefficient (Wildman–Crippen LogP) is 3.37. The fourth-order valence-electron chi connectivity index (χ4n) is 2.39. The molecule has 0 amide bonds.